The molecule has 2 amide bonds. The van der Waals surface area contributed by atoms with Gasteiger partial charge in [0.15, 0.2) is 6.29 Å². The van der Waals surface area contributed by atoms with Crippen LogP contribution < -0.4 is 10.6 Å². The number of alkyl halides is 3. The molecule has 0 bridgehead atoms. The Kier molecular flexibility index (Phi) is 8.84. The van der Waals surface area contributed by atoms with Crippen LogP contribution in [0.4, 0.5) is 28.9 Å². The van der Waals surface area contributed by atoms with Crippen LogP contribution in [0.1, 0.15) is 82.0 Å². The summed E-state index contributed by atoms with van der Waals surface area (Å²) >= 11 is 0. The highest BCUT2D eigenvalue weighted by molar-refractivity contribution is 5.98. The van der Waals surface area contributed by atoms with E-state index >= 15 is 0 Å². The van der Waals surface area contributed by atoms with Crippen molar-refractivity contribution in [3.8, 4) is 0 Å². The van der Waals surface area contributed by atoms with Crippen molar-refractivity contribution in [3.05, 3.63) is 94.3 Å². The molecule has 0 aromatic heterocycles. The number of anilines is 2. The van der Waals surface area contributed by atoms with E-state index in [9.17, 15) is 31.9 Å². The molecule has 0 spiro atoms. The fraction of sp³-hybridized carbons (Fsp3) is 0.364. The van der Waals surface area contributed by atoms with Crippen molar-refractivity contribution in [1.82, 2.24) is 4.90 Å². The van der Waals surface area contributed by atoms with Gasteiger partial charge in [0.05, 0.1) is 23.1 Å². The topological polar surface area (TPSA) is 78.5 Å². The quantitative estimate of drug-likeness (QED) is 0.218. The standard InChI is InChI=1S/C33H33F4N3O3/c1-20-6-4-10-28(34)29(20)32(43)40-17-5-9-26(30(40)21-11-14-24(15-12-21)38-23-7-2-3-8-23)31(42)39-25-16-13-22(19-41)27(18-25)33(35,36)37/h4,6,10-16,18-19,23,26,30,38H,2-3,5,7-9,17H2,1H3,(H,39,42)/t26?,30-/m0/s1. The predicted octanol–water partition coefficient (Wildman–Crippen LogP) is 7.55. The second kappa shape index (κ2) is 12.6. The fourth-order valence-electron chi connectivity index (χ4n) is 6.26. The van der Waals surface area contributed by atoms with Crippen LogP contribution in [-0.4, -0.2) is 35.6 Å². The molecule has 2 aliphatic rings. The Labute approximate surface area is 247 Å². The molecule has 1 unspecified atom stereocenters. The Balaban J connectivity index is 1.48. The van der Waals surface area contributed by atoms with E-state index in [1.165, 1.54) is 35.9 Å². The number of benzene rings is 3. The lowest BCUT2D eigenvalue weighted by molar-refractivity contribution is -0.137. The van der Waals surface area contributed by atoms with Gasteiger partial charge in [0, 0.05) is 29.5 Å². The lowest BCUT2D eigenvalue weighted by Gasteiger charge is -2.41. The van der Waals surface area contributed by atoms with Crippen molar-refractivity contribution in [2.45, 2.75) is 63.7 Å². The third-order valence-electron chi connectivity index (χ3n) is 8.40. The number of hydrogen-bond donors (Lipinski definition) is 2. The van der Waals surface area contributed by atoms with Gasteiger partial charge in [-0.3, -0.25) is 14.4 Å². The van der Waals surface area contributed by atoms with E-state index in [2.05, 4.69) is 10.6 Å². The molecule has 5 rings (SSSR count). The summed E-state index contributed by atoms with van der Waals surface area (Å²) in [7, 11) is 0. The molecular formula is C33H33F4N3O3. The van der Waals surface area contributed by atoms with E-state index in [0.29, 0.717) is 30.0 Å². The van der Waals surface area contributed by atoms with Crippen LogP contribution in [0.15, 0.2) is 60.7 Å². The van der Waals surface area contributed by atoms with Crippen LogP contribution in [0.5, 0.6) is 0 Å². The monoisotopic (exact) mass is 595 g/mol. The van der Waals surface area contributed by atoms with Crippen molar-refractivity contribution in [2.24, 2.45) is 5.92 Å². The van der Waals surface area contributed by atoms with Gasteiger partial charge in [0.1, 0.15) is 5.82 Å². The molecule has 3 aromatic carbocycles. The van der Waals surface area contributed by atoms with Crippen LogP contribution in [0, 0.1) is 18.7 Å². The van der Waals surface area contributed by atoms with E-state index in [0.717, 1.165) is 30.7 Å². The summed E-state index contributed by atoms with van der Waals surface area (Å²) in [5.74, 6) is -2.63. The smallest absolute Gasteiger partial charge is 0.382 e. The number of hydrogen-bond acceptors (Lipinski definition) is 4. The lowest BCUT2D eigenvalue weighted by Crippen LogP contribution is -2.46. The molecule has 226 valence electrons. The Bertz CT molecular complexity index is 1480. The largest absolute Gasteiger partial charge is 0.417 e. The van der Waals surface area contributed by atoms with Gasteiger partial charge in [-0.05, 0) is 80.1 Å². The molecule has 1 heterocycles. The molecule has 3 aromatic rings. The van der Waals surface area contributed by atoms with Crippen LogP contribution in [0.2, 0.25) is 0 Å². The number of amides is 2. The minimum absolute atomic E-state index is 0.0765. The summed E-state index contributed by atoms with van der Waals surface area (Å²) in [6, 6.07) is 14.4. The number of aryl methyl sites for hydroxylation is 1. The molecule has 1 saturated carbocycles. The molecule has 1 aliphatic carbocycles. The highest BCUT2D eigenvalue weighted by atomic mass is 19.4. The first kappa shape index (κ1) is 30.3. The summed E-state index contributed by atoms with van der Waals surface area (Å²) in [6.45, 7) is 1.92. The summed E-state index contributed by atoms with van der Waals surface area (Å²) in [6.07, 6.45) is 0.628. The second-order valence-corrected chi connectivity index (χ2v) is 11.3. The average Bonchev–Trinajstić information content (AvgIpc) is 3.49. The predicted molar refractivity (Wildman–Crippen MR) is 155 cm³/mol. The number of piperidine rings is 1. The van der Waals surface area contributed by atoms with Crippen LogP contribution in [0.3, 0.4) is 0 Å². The molecule has 6 nitrogen and oxygen atoms in total. The molecule has 1 aliphatic heterocycles. The van der Waals surface area contributed by atoms with E-state index in [1.807, 2.05) is 24.3 Å². The SMILES string of the molecule is Cc1cccc(F)c1C(=O)N1CCCC(C(=O)Nc2ccc(C=O)c(C(F)(F)F)c2)[C@@H]1c1ccc(NC2CCCC2)cc1. The van der Waals surface area contributed by atoms with Crippen molar-refractivity contribution >= 4 is 29.5 Å². The number of halogens is 4. The molecule has 2 N–H and O–H groups in total. The zero-order valence-electron chi connectivity index (χ0n) is 23.7. The summed E-state index contributed by atoms with van der Waals surface area (Å²) in [5.41, 5.74) is 0.138. The fourth-order valence-corrected chi connectivity index (χ4v) is 6.26. The normalized spacial score (nSPS) is 19.2. The number of rotatable bonds is 7. The second-order valence-electron chi connectivity index (χ2n) is 11.3. The van der Waals surface area contributed by atoms with Gasteiger partial charge in [-0.1, -0.05) is 37.1 Å². The van der Waals surface area contributed by atoms with Crippen molar-refractivity contribution in [3.63, 3.8) is 0 Å². The van der Waals surface area contributed by atoms with Gasteiger partial charge in [0.2, 0.25) is 5.91 Å². The van der Waals surface area contributed by atoms with Gasteiger partial charge >= 0.3 is 6.18 Å². The van der Waals surface area contributed by atoms with Crippen molar-refractivity contribution in [1.29, 1.82) is 0 Å². The number of carbonyl (C=O) groups is 3. The van der Waals surface area contributed by atoms with Gasteiger partial charge in [-0.2, -0.15) is 13.2 Å². The maximum atomic E-state index is 14.9. The summed E-state index contributed by atoms with van der Waals surface area (Å²) < 4.78 is 55.6. The summed E-state index contributed by atoms with van der Waals surface area (Å²) in [5, 5.41) is 6.09. The number of aldehydes is 1. The van der Waals surface area contributed by atoms with E-state index in [1.54, 1.807) is 13.0 Å². The zero-order valence-corrected chi connectivity index (χ0v) is 23.7. The van der Waals surface area contributed by atoms with Crippen LogP contribution in [0.25, 0.3) is 0 Å². The first-order chi connectivity index (χ1) is 20.6. The molecular weight excluding hydrogens is 562 g/mol. The molecule has 2 fully saturated rings. The van der Waals surface area contributed by atoms with Gasteiger partial charge in [0.25, 0.3) is 5.91 Å². The Morgan fingerprint density at radius 3 is 2.28 bits per heavy atom. The molecule has 1 saturated heterocycles. The molecule has 43 heavy (non-hydrogen) atoms. The first-order valence-electron chi connectivity index (χ1n) is 14.5. The zero-order chi connectivity index (χ0) is 30.7. The lowest BCUT2D eigenvalue weighted by atomic mass is 9.83. The van der Waals surface area contributed by atoms with Gasteiger partial charge in [-0.15, -0.1) is 0 Å². The Morgan fingerprint density at radius 1 is 0.930 bits per heavy atom. The Hall–Kier alpha value is -4.21. The van der Waals surface area contributed by atoms with Crippen molar-refractivity contribution < 1.29 is 31.9 Å². The van der Waals surface area contributed by atoms with E-state index < -0.39 is 46.9 Å². The van der Waals surface area contributed by atoms with Gasteiger partial charge < -0.3 is 15.5 Å². The highest BCUT2D eigenvalue weighted by Gasteiger charge is 2.41. The van der Waals surface area contributed by atoms with Crippen LogP contribution in [-0.2, 0) is 11.0 Å². The minimum atomic E-state index is -4.79. The number of carbonyl (C=O) groups excluding carboxylic acids is 3. The number of likely N-dealkylation sites (tertiary alicyclic amines) is 1. The average molecular weight is 596 g/mol. The molecule has 2 atom stereocenters. The number of nitrogens with one attached hydrogen (secondary N) is 2. The van der Waals surface area contributed by atoms with Crippen molar-refractivity contribution in [2.75, 3.05) is 17.2 Å². The third kappa shape index (κ3) is 6.58. The summed E-state index contributed by atoms with van der Waals surface area (Å²) in [4.78, 5) is 40.3. The first-order valence-corrected chi connectivity index (χ1v) is 14.5. The van der Waals surface area contributed by atoms with E-state index in [4.69, 9.17) is 0 Å². The van der Waals surface area contributed by atoms with E-state index in [-0.39, 0.29) is 24.1 Å². The number of nitrogens with zero attached hydrogens (tertiary/aromatic N) is 1. The Morgan fingerprint density at radius 2 is 1.63 bits per heavy atom. The molecule has 0 radical (unpaired) electrons. The van der Waals surface area contributed by atoms with Crippen LogP contribution >= 0.6 is 0 Å². The maximum absolute atomic E-state index is 14.9. The van der Waals surface area contributed by atoms with Gasteiger partial charge in [-0.25, -0.2) is 4.39 Å². The maximum Gasteiger partial charge on any atom is 0.417 e. The molecule has 10 heteroatoms. The highest BCUT2D eigenvalue weighted by Crippen LogP contribution is 2.40. The minimum Gasteiger partial charge on any atom is -0.382 e. The third-order valence-corrected chi connectivity index (χ3v) is 8.40.